The Bertz CT molecular complexity index is 1500. The molecule has 0 bridgehead atoms. The molecule has 2 amide bonds. The second-order valence-electron chi connectivity index (χ2n) is 9.54. The number of hydrogen-bond acceptors (Lipinski definition) is 6. The van der Waals surface area contributed by atoms with Crippen molar-refractivity contribution in [1.82, 2.24) is 14.8 Å². The molecule has 3 N–H and O–H groups in total. The number of nitrogens with one attached hydrogen (secondary N) is 3. The minimum absolute atomic E-state index is 0.183. The molecule has 3 heterocycles. The fourth-order valence-electron chi connectivity index (χ4n) is 3.71. The van der Waals surface area contributed by atoms with Crippen molar-refractivity contribution in [3.05, 3.63) is 90.9 Å². The first-order valence-electron chi connectivity index (χ1n) is 11.8. The van der Waals surface area contributed by atoms with Crippen LogP contribution in [0.3, 0.4) is 0 Å². The SMILES string of the molecule is C=C1C=Nc2nccc(Oc3cccc(NC(=O)Nc4cc(C(C)(C)C)nn4-c4ccccc4)c3)c2N1. The molecule has 2 aromatic heterocycles. The smallest absolute Gasteiger partial charge is 0.324 e. The van der Waals surface area contributed by atoms with Crippen LogP contribution in [0.15, 0.2) is 90.2 Å². The van der Waals surface area contributed by atoms with E-state index in [0.717, 1.165) is 11.4 Å². The van der Waals surface area contributed by atoms with Crippen molar-refractivity contribution in [1.29, 1.82) is 0 Å². The van der Waals surface area contributed by atoms with Gasteiger partial charge in [0.1, 0.15) is 17.3 Å². The number of hydrogen-bond donors (Lipinski definition) is 3. The second kappa shape index (κ2) is 9.62. The maximum atomic E-state index is 13.0. The topological polar surface area (TPSA) is 105 Å². The molecule has 5 rings (SSSR count). The number of anilines is 3. The molecule has 186 valence electrons. The van der Waals surface area contributed by atoms with Gasteiger partial charge in [-0.15, -0.1) is 0 Å². The summed E-state index contributed by atoms with van der Waals surface area (Å²) in [5.74, 6) is 2.17. The van der Waals surface area contributed by atoms with Gasteiger partial charge >= 0.3 is 6.03 Å². The van der Waals surface area contributed by atoms with Crippen LogP contribution in [-0.4, -0.2) is 27.0 Å². The second-order valence-corrected chi connectivity index (χ2v) is 9.54. The summed E-state index contributed by atoms with van der Waals surface area (Å²) in [4.78, 5) is 21.5. The summed E-state index contributed by atoms with van der Waals surface area (Å²) in [6.45, 7) is 10.1. The van der Waals surface area contributed by atoms with E-state index >= 15 is 0 Å². The van der Waals surface area contributed by atoms with Gasteiger partial charge in [0.2, 0.25) is 0 Å². The van der Waals surface area contributed by atoms with E-state index in [0.29, 0.717) is 40.2 Å². The number of pyridine rings is 1. The minimum atomic E-state index is -0.400. The van der Waals surface area contributed by atoms with E-state index in [-0.39, 0.29) is 5.41 Å². The number of benzene rings is 2. The summed E-state index contributed by atoms with van der Waals surface area (Å²) in [6, 6.07) is 20.0. The van der Waals surface area contributed by atoms with Gasteiger partial charge in [0.15, 0.2) is 11.6 Å². The average Bonchev–Trinajstić information content (AvgIpc) is 3.29. The van der Waals surface area contributed by atoms with Crippen molar-refractivity contribution < 1.29 is 9.53 Å². The standard InChI is InChI=1S/C28H27N7O2/c1-18-17-30-26-25(31-18)22(13-14-29-26)37-21-12-8-9-19(15-21)32-27(36)33-24-16-23(28(2,3)4)34-35(24)20-10-6-5-7-11-20/h5-17,31H,1H2,2-4H3,(H2,32,33,36). The Morgan fingerprint density at radius 1 is 1.03 bits per heavy atom. The summed E-state index contributed by atoms with van der Waals surface area (Å²) >= 11 is 0. The molecule has 2 aromatic carbocycles. The fourth-order valence-corrected chi connectivity index (χ4v) is 3.71. The van der Waals surface area contributed by atoms with Crippen LogP contribution in [0.25, 0.3) is 5.69 Å². The number of aliphatic imine (C=N–C) groups is 1. The molecule has 0 fully saturated rings. The zero-order chi connectivity index (χ0) is 26.0. The average molecular weight is 494 g/mol. The number of amides is 2. The lowest BCUT2D eigenvalue weighted by atomic mass is 9.92. The lowest BCUT2D eigenvalue weighted by Gasteiger charge is -2.17. The number of ether oxygens (including phenoxy) is 1. The Kier molecular flexibility index (Phi) is 6.19. The summed E-state index contributed by atoms with van der Waals surface area (Å²) < 4.78 is 7.81. The van der Waals surface area contributed by atoms with E-state index in [1.54, 1.807) is 47.4 Å². The molecule has 0 saturated heterocycles. The number of rotatable bonds is 5. The lowest BCUT2D eigenvalue weighted by Crippen LogP contribution is -2.21. The van der Waals surface area contributed by atoms with Crippen LogP contribution in [0.2, 0.25) is 0 Å². The molecule has 0 atom stereocenters. The Morgan fingerprint density at radius 3 is 2.62 bits per heavy atom. The maximum absolute atomic E-state index is 13.0. The van der Waals surface area contributed by atoms with Crippen LogP contribution < -0.4 is 20.7 Å². The Hall–Kier alpha value is -4.92. The Balaban J connectivity index is 1.34. The van der Waals surface area contributed by atoms with Gasteiger partial charge in [-0.3, -0.25) is 5.32 Å². The predicted octanol–water partition coefficient (Wildman–Crippen LogP) is 6.64. The Labute approximate surface area is 214 Å². The molecule has 37 heavy (non-hydrogen) atoms. The highest BCUT2D eigenvalue weighted by Gasteiger charge is 2.22. The first-order valence-corrected chi connectivity index (χ1v) is 11.8. The van der Waals surface area contributed by atoms with Crippen molar-refractivity contribution >= 4 is 35.3 Å². The van der Waals surface area contributed by atoms with E-state index in [1.165, 1.54) is 0 Å². The van der Waals surface area contributed by atoms with E-state index in [1.807, 2.05) is 36.4 Å². The minimum Gasteiger partial charge on any atom is -0.455 e. The summed E-state index contributed by atoms with van der Waals surface area (Å²) in [5.41, 5.74) is 3.37. The first-order chi connectivity index (χ1) is 17.8. The van der Waals surface area contributed by atoms with Crippen molar-refractivity contribution in [3.8, 4) is 17.2 Å². The van der Waals surface area contributed by atoms with E-state index in [4.69, 9.17) is 9.84 Å². The number of nitrogens with zero attached hydrogens (tertiary/aromatic N) is 4. The third kappa shape index (κ3) is 5.35. The molecule has 1 aliphatic heterocycles. The molecule has 0 radical (unpaired) electrons. The molecule has 4 aromatic rings. The van der Waals surface area contributed by atoms with Gasteiger partial charge in [-0.05, 0) is 24.3 Å². The molecule has 0 aliphatic carbocycles. The molecule has 0 unspecified atom stereocenters. The largest absolute Gasteiger partial charge is 0.455 e. The number of carbonyl (C=O) groups excluding carboxylic acids is 1. The van der Waals surface area contributed by atoms with Crippen molar-refractivity contribution in [2.24, 2.45) is 4.99 Å². The molecule has 9 heteroatoms. The van der Waals surface area contributed by atoms with E-state index in [9.17, 15) is 4.79 Å². The summed E-state index contributed by atoms with van der Waals surface area (Å²) in [7, 11) is 0. The van der Waals surface area contributed by atoms with Crippen LogP contribution >= 0.6 is 0 Å². The van der Waals surface area contributed by atoms with Crippen LogP contribution in [0, 0.1) is 0 Å². The first kappa shape index (κ1) is 23.8. The van der Waals surface area contributed by atoms with Crippen molar-refractivity contribution in [2.45, 2.75) is 26.2 Å². The molecular formula is C28H27N7O2. The normalized spacial score (nSPS) is 12.5. The molecule has 0 spiro atoms. The molecule has 1 aliphatic rings. The van der Waals surface area contributed by atoms with Gasteiger partial charge < -0.3 is 15.4 Å². The number of carbonyl (C=O) groups is 1. The van der Waals surface area contributed by atoms with E-state index in [2.05, 4.69) is 53.3 Å². The van der Waals surface area contributed by atoms with Crippen LogP contribution in [-0.2, 0) is 5.41 Å². The van der Waals surface area contributed by atoms with Gasteiger partial charge in [-0.2, -0.15) is 5.10 Å². The maximum Gasteiger partial charge on any atom is 0.324 e. The van der Waals surface area contributed by atoms with Gasteiger partial charge in [0.25, 0.3) is 0 Å². The fraction of sp³-hybridized carbons (Fsp3) is 0.143. The van der Waals surface area contributed by atoms with Gasteiger partial charge in [0, 0.05) is 41.2 Å². The van der Waals surface area contributed by atoms with Gasteiger partial charge in [-0.25, -0.2) is 19.5 Å². The third-order valence-corrected chi connectivity index (χ3v) is 5.56. The zero-order valence-electron chi connectivity index (χ0n) is 20.8. The van der Waals surface area contributed by atoms with Crippen LogP contribution in [0.4, 0.5) is 27.8 Å². The number of urea groups is 1. The molecule has 9 nitrogen and oxygen atoms in total. The van der Waals surface area contributed by atoms with Crippen LogP contribution in [0.5, 0.6) is 11.5 Å². The van der Waals surface area contributed by atoms with Gasteiger partial charge in [0.05, 0.1) is 17.6 Å². The van der Waals surface area contributed by atoms with Crippen molar-refractivity contribution in [3.63, 3.8) is 0 Å². The third-order valence-electron chi connectivity index (χ3n) is 5.56. The van der Waals surface area contributed by atoms with Gasteiger partial charge in [-0.1, -0.05) is 51.6 Å². The summed E-state index contributed by atoms with van der Waals surface area (Å²) in [5, 5.41) is 13.7. The number of fused-ring (bicyclic) bond motifs is 1. The highest BCUT2D eigenvalue weighted by atomic mass is 16.5. The lowest BCUT2D eigenvalue weighted by molar-refractivity contribution is 0.262. The monoisotopic (exact) mass is 493 g/mol. The molecular weight excluding hydrogens is 466 g/mol. The van der Waals surface area contributed by atoms with Crippen LogP contribution in [0.1, 0.15) is 26.5 Å². The quantitative estimate of drug-likeness (QED) is 0.289. The van der Waals surface area contributed by atoms with Crippen molar-refractivity contribution in [2.75, 3.05) is 16.0 Å². The predicted molar refractivity (Wildman–Crippen MR) is 147 cm³/mol. The zero-order valence-corrected chi connectivity index (χ0v) is 20.8. The summed E-state index contributed by atoms with van der Waals surface area (Å²) in [6.07, 6.45) is 3.23. The van der Waals surface area contributed by atoms with E-state index < -0.39 is 6.03 Å². The number of aromatic nitrogens is 3. The highest BCUT2D eigenvalue weighted by molar-refractivity contribution is 5.99. The highest BCUT2D eigenvalue weighted by Crippen LogP contribution is 2.38. The number of allylic oxidation sites excluding steroid dienone is 1. The number of para-hydroxylation sites is 1. The molecule has 0 saturated carbocycles. The Morgan fingerprint density at radius 2 is 1.84 bits per heavy atom.